The summed E-state index contributed by atoms with van der Waals surface area (Å²) in [5.41, 5.74) is -1.29. The van der Waals surface area contributed by atoms with Crippen LogP contribution in [0.25, 0.3) is 0 Å². The fourth-order valence-corrected chi connectivity index (χ4v) is 1.91. The third-order valence-corrected chi connectivity index (χ3v) is 2.86. The van der Waals surface area contributed by atoms with E-state index >= 15 is 0 Å². The highest BCUT2D eigenvalue weighted by Crippen LogP contribution is 2.34. The van der Waals surface area contributed by atoms with Crippen LogP contribution in [0.1, 0.15) is 22.9 Å². The molecule has 0 saturated heterocycles. The fraction of sp³-hybridized carbons (Fsp3) is 0.308. The first-order valence-corrected chi connectivity index (χ1v) is 5.81. The minimum absolute atomic E-state index is 0.0565. The van der Waals surface area contributed by atoms with Crippen molar-refractivity contribution in [1.82, 2.24) is 9.78 Å². The molecule has 1 unspecified atom stereocenters. The summed E-state index contributed by atoms with van der Waals surface area (Å²) < 4.78 is 53.1. The maximum atomic E-state index is 13.8. The number of hydrogen-bond donors (Lipinski definition) is 1. The third-order valence-electron chi connectivity index (χ3n) is 2.86. The second-order valence-electron chi connectivity index (χ2n) is 4.41. The lowest BCUT2D eigenvalue weighted by Crippen LogP contribution is -2.13. The zero-order valence-electron chi connectivity index (χ0n) is 10.5. The maximum Gasteiger partial charge on any atom is 0.419 e. The number of hydrogen-bond acceptors (Lipinski definition) is 2. The molecule has 1 N–H and O–H groups in total. The number of alkyl halides is 3. The van der Waals surface area contributed by atoms with Gasteiger partial charge in [0.05, 0.1) is 17.4 Å². The first-order valence-electron chi connectivity index (χ1n) is 5.81. The van der Waals surface area contributed by atoms with Crippen LogP contribution < -0.4 is 0 Å². The topological polar surface area (TPSA) is 38.0 Å². The summed E-state index contributed by atoms with van der Waals surface area (Å²) in [6.45, 7) is 0. The van der Waals surface area contributed by atoms with Crippen LogP contribution in [0.3, 0.4) is 0 Å². The molecule has 0 aliphatic rings. The van der Waals surface area contributed by atoms with Crippen molar-refractivity contribution in [2.24, 2.45) is 7.05 Å². The van der Waals surface area contributed by atoms with Gasteiger partial charge in [-0.15, -0.1) is 0 Å². The molecule has 3 nitrogen and oxygen atoms in total. The van der Waals surface area contributed by atoms with E-state index in [0.717, 1.165) is 12.1 Å². The van der Waals surface area contributed by atoms with Crippen LogP contribution in [0.15, 0.2) is 30.5 Å². The Balaban J connectivity index is 2.28. The lowest BCUT2D eigenvalue weighted by Gasteiger charge is -2.14. The monoisotopic (exact) mass is 288 g/mol. The summed E-state index contributed by atoms with van der Waals surface area (Å²) in [5, 5.41) is 13.9. The number of nitrogens with zero attached hydrogens (tertiary/aromatic N) is 2. The average Bonchev–Trinajstić information content (AvgIpc) is 2.73. The van der Waals surface area contributed by atoms with Crippen molar-refractivity contribution in [3.63, 3.8) is 0 Å². The van der Waals surface area contributed by atoms with Gasteiger partial charge >= 0.3 is 6.18 Å². The molecule has 2 rings (SSSR count). The van der Waals surface area contributed by atoms with Crippen LogP contribution in [-0.2, 0) is 19.6 Å². The Bertz CT molecular complexity index is 607. The number of aryl methyl sites for hydroxylation is 1. The Morgan fingerprint density at radius 1 is 1.30 bits per heavy atom. The molecule has 0 bridgehead atoms. The summed E-state index contributed by atoms with van der Waals surface area (Å²) >= 11 is 0. The molecule has 1 aromatic carbocycles. The molecule has 0 aliphatic heterocycles. The van der Waals surface area contributed by atoms with E-state index in [2.05, 4.69) is 5.10 Å². The molecule has 20 heavy (non-hydrogen) atoms. The fourth-order valence-electron chi connectivity index (χ4n) is 1.91. The highest BCUT2D eigenvalue weighted by atomic mass is 19.4. The summed E-state index contributed by atoms with van der Waals surface area (Å²) in [5.74, 6) is -1.44. The van der Waals surface area contributed by atoms with Gasteiger partial charge in [0, 0.05) is 25.2 Å². The molecule has 0 radical (unpaired) electrons. The second kappa shape index (κ2) is 5.24. The summed E-state index contributed by atoms with van der Waals surface area (Å²) in [4.78, 5) is 0. The van der Waals surface area contributed by atoms with E-state index in [9.17, 15) is 22.7 Å². The van der Waals surface area contributed by atoms with Gasteiger partial charge in [-0.3, -0.25) is 4.68 Å². The Morgan fingerprint density at radius 3 is 2.55 bits per heavy atom. The lowest BCUT2D eigenvalue weighted by molar-refractivity contribution is -0.140. The minimum atomic E-state index is -4.79. The molecule has 1 heterocycles. The van der Waals surface area contributed by atoms with Gasteiger partial charge in [-0.05, 0) is 12.1 Å². The molecule has 1 atom stereocenters. The van der Waals surface area contributed by atoms with Gasteiger partial charge in [-0.2, -0.15) is 18.3 Å². The van der Waals surface area contributed by atoms with Gasteiger partial charge in [0.15, 0.2) is 0 Å². The van der Waals surface area contributed by atoms with Crippen LogP contribution >= 0.6 is 0 Å². The van der Waals surface area contributed by atoms with Gasteiger partial charge in [0.25, 0.3) is 0 Å². The van der Waals surface area contributed by atoms with E-state index < -0.39 is 23.7 Å². The van der Waals surface area contributed by atoms with Crippen molar-refractivity contribution < 1.29 is 22.7 Å². The molecule has 0 spiro atoms. The standard InChI is InChI=1S/C13H12F4N2O/c1-19-6-5-8(18-19)7-11(20)9-3-2-4-10(12(9)14)13(15,16)17/h2-6,11,20H,7H2,1H3. The van der Waals surface area contributed by atoms with Crippen molar-refractivity contribution in [3.05, 3.63) is 53.1 Å². The lowest BCUT2D eigenvalue weighted by atomic mass is 10.0. The molecule has 0 saturated carbocycles. The van der Waals surface area contributed by atoms with Crippen molar-refractivity contribution in [1.29, 1.82) is 0 Å². The predicted molar refractivity (Wildman–Crippen MR) is 63.3 cm³/mol. The molecular formula is C13H12F4N2O. The Morgan fingerprint density at radius 2 is 2.00 bits per heavy atom. The van der Waals surface area contributed by atoms with E-state index in [1.807, 2.05) is 0 Å². The maximum absolute atomic E-state index is 13.8. The SMILES string of the molecule is Cn1ccc(CC(O)c2cccc(C(F)(F)F)c2F)n1. The van der Waals surface area contributed by atoms with Crippen LogP contribution in [0.2, 0.25) is 0 Å². The normalized spacial score (nSPS) is 13.5. The molecule has 1 aromatic heterocycles. The summed E-state index contributed by atoms with van der Waals surface area (Å²) in [6, 6.07) is 4.46. The number of rotatable bonds is 3. The zero-order valence-corrected chi connectivity index (χ0v) is 10.5. The smallest absolute Gasteiger partial charge is 0.388 e. The predicted octanol–water partition coefficient (Wildman–Crippen LogP) is 2.85. The highest BCUT2D eigenvalue weighted by Gasteiger charge is 2.35. The largest absolute Gasteiger partial charge is 0.419 e. The first-order chi connectivity index (χ1) is 9.29. The Labute approximate surface area is 112 Å². The Kier molecular flexibility index (Phi) is 3.80. The molecule has 108 valence electrons. The van der Waals surface area contributed by atoms with Gasteiger partial charge < -0.3 is 5.11 Å². The number of benzene rings is 1. The average molecular weight is 288 g/mol. The summed E-state index contributed by atoms with van der Waals surface area (Å²) in [6.07, 6.45) is -4.60. The van der Waals surface area contributed by atoms with Crippen molar-refractivity contribution in [2.75, 3.05) is 0 Å². The van der Waals surface area contributed by atoms with E-state index in [0.29, 0.717) is 11.8 Å². The molecule has 0 amide bonds. The van der Waals surface area contributed by atoms with E-state index in [1.165, 1.54) is 4.68 Å². The quantitative estimate of drug-likeness (QED) is 0.882. The van der Waals surface area contributed by atoms with E-state index in [-0.39, 0.29) is 12.0 Å². The van der Waals surface area contributed by atoms with Gasteiger partial charge in [0.2, 0.25) is 0 Å². The van der Waals surface area contributed by atoms with Gasteiger partial charge in [-0.1, -0.05) is 12.1 Å². The van der Waals surface area contributed by atoms with Crippen molar-refractivity contribution in [2.45, 2.75) is 18.7 Å². The third kappa shape index (κ3) is 2.98. The minimum Gasteiger partial charge on any atom is -0.388 e. The van der Waals surface area contributed by atoms with Crippen LogP contribution in [0.4, 0.5) is 17.6 Å². The van der Waals surface area contributed by atoms with E-state index in [1.54, 1.807) is 19.3 Å². The van der Waals surface area contributed by atoms with E-state index in [4.69, 9.17) is 0 Å². The molecule has 2 aromatic rings. The highest BCUT2D eigenvalue weighted by molar-refractivity contribution is 5.30. The molecular weight excluding hydrogens is 276 g/mol. The Hall–Kier alpha value is -1.89. The van der Waals surface area contributed by atoms with Crippen LogP contribution in [-0.4, -0.2) is 14.9 Å². The number of aliphatic hydroxyl groups excluding tert-OH is 1. The zero-order chi connectivity index (χ0) is 14.9. The van der Waals surface area contributed by atoms with Crippen LogP contribution in [0, 0.1) is 5.82 Å². The van der Waals surface area contributed by atoms with Crippen LogP contribution in [0.5, 0.6) is 0 Å². The molecule has 0 aliphatic carbocycles. The van der Waals surface area contributed by atoms with Gasteiger partial charge in [0.1, 0.15) is 5.82 Å². The van der Waals surface area contributed by atoms with Crippen molar-refractivity contribution in [3.8, 4) is 0 Å². The molecule has 0 fully saturated rings. The number of aromatic nitrogens is 2. The number of aliphatic hydroxyl groups is 1. The van der Waals surface area contributed by atoms with Crippen molar-refractivity contribution >= 4 is 0 Å². The first kappa shape index (κ1) is 14.5. The summed E-state index contributed by atoms with van der Waals surface area (Å²) in [7, 11) is 1.67. The van der Waals surface area contributed by atoms with Gasteiger partial charge in [-0.25, -0.2) is 4.39 Å². The second-order valence-corrected chi connectivity index (χ2v) is 4.41. The molecule has 7 heteroatoms. The number of halogens is 4.